The van der Waals surface area contributed by atoms with E-state index in [1.165, 1.54) is 0 Å². The van der Waals surface area contributed by atoms with Gasteiger partial charge < -0.3 is 0 Å². The molecule has 0 amide bonds. The largest absolute Gasteiger partial charge is 0.254 e. The molecule has 12 heavy (non-hydrogen) atoms. The van der Waals surface area contributed by atoms with Gasteiger partial charge in [-0.1, -0.05) is 34.1 Å². The van der Waals surface area contributed by atoms with Crippen molar-refractivity contribution in [3.63, 3.8) is 0 Å². The molecule has 1 fully saturated rings. The SMILES string of the molecule is CC.CCCC1(CC)CC1(F)F. The summed E-state index contributed by atoms with van der Waals surface area (Å²) in [4.78, 5) is 0. The summed E-state index contributed by atoms with van der Waals surface area (Å²) in [6, 6.07) is 0. The van der Waals surface area contributed by atoms with Crippen molar-refractivity contribution in [2.45, 2.75) is 59.3 Å². The van der Waals surface area contributed by atoms with Crippen molar-refractivity contribution >= 4 is 0 Å². The molecule has 1 unspecified atom stereocenters. The molecule has 0 N–H and O–H groups in total. The van der Waals surface area contributed by atoms with Crippen LogP contribution in [-0.4, -0.2) is 5.92 Å². The van der Waals surface area contributed by atoms with E-state index in [-0.39, 0.29) is 6.42 Å². The summed E-state index contributed by atoms with van der Waals surface area (Å²) in [5.74, 6) is -2.34. The predicted molar refractivity (Wildman–Crippen MR) is 48.5 cm³/mol. The monoisotopic (exact) mass is 178 g/mol. The van der Waals surface area contributed by atoms with Crippen LogP contribution in [-0.2, 0) is 0 Å². The van der Waals surface area contributed by atoms with E-state index in [1.807, 2.05) is 27.7 Å². The van der Waals surface area contributed by atoms with E-state index >= 15 is 0 Å². The van der Waals surface area contributed by atoms with Crippen LogP contribution in [0.1, 0.15) is 53.4 Å². The molecule has 1 aliphatic rings. The first-order chi connectivity index (χ1) is 5.58. The van der Waals surface area contributed by atoms with Crippen molar-refractivity contribution in [1.82, 2.24) is 0 Å². The van der Waals surface area contributed by atoms with E-state index in [0.717, 1.165) is 6.42 Å². The van der Waals surface area contributed by atoms with Gasteiger partial charge in [0, 0.05) is 11.8 Å². The minimum absolute atomic E-state index is 0.129. The van der Waals surface area contributed by atoms with Crippen molar-refractivity contribution in [2.75, 3.05) is 0 Å². The quantitative estimate of drug-likeness (QED) is 0.606. The molecule has 0 aromatic carbocycles. The maximum Gasteiger partial charge on any atom is 0.254 e. The van der Waals surface area contributed by atoms with Crippen LogP contribution in [0.25, 0.3) is 0 Å². The fraction of sp³-hybridized carbons (Fsp3) is 1.00. The molecule has 2 heteroatoms. The van der Waals surface area contributed by atoms with Crippen molar-refractivity contribution < 1.29 is 8.78 Å². The Labute approximate surface area is 74.4 Å². The van der Waals surface area contributed by atoms with Gasteiger partial charge in [0.2, 0.25) is 0 Å². The highest BCUT2D eigenvalue weighted by atomic mass is 19.3. The summed E-state index contributed by atoms with van der Waals surface area (Å²) in [7, 11) is 0. The molecule has 74 valence electrons. The minimum atomic E-state index is -2.34. The van der Waals surface area contributed by atoms with Crippen LogP contribution >= 0.6 is 0 Å². The second-order valence-corrected chi connectivity index (χ2v) is 3.27. The first-order valence-corrected chi connectivity index (χ1v) is 4.96. The molecule has 0 heterocycles. The Kier molecular flexibility index (Phi) is 4.15. The third-order valence-corrected chi connectivity index (χ3v) is 2.62. The molecule has 0 saturated heterocycles. The van der Waals surface area contributed by atoms with E-state index in [1.54, 1.807) is 0 Å². The van der Waals surface area contributed by atoms with E-state index in [0.29, 0.717) is 12.8 Å². The molecule has 1 saturated carbocycles. The van der Waals surface area contributed by atoms with Crippen LogP contribution in [0, 0.1) is 5.41 Å². The van der Waals surface area contributed by atoms with Gasteiger partial charge >= 0.3 is 0 Å². The molecule has 1 atom stereocenters. The summed E-state index contributed by atoms with van der Waals surface area (Å²) in [5, 5.41) is 0. The second kappa shape index (κ2) is 4.20. The lowest BCUT2D eigenvalue weighted by atomic mass is 9.97. The molecule has 1 rings (SSSR count). The molecule has 1 aliphatic carbocycles. The Morgan fingerprint density at radius 3 is 1.67 bits per heavy atom. The highest BCUT2D eigenvalue weighted by molar-refractivity contribution is 5.08. The van der Waals surface area contributed by atoms with Gasteiger partial charge in [-0.05, 0) is 12.8 Å². The molecule has 0 aromatic rings. The maximum atomic E-state index is 12.6. The summed E-state index contributed by atoms with van der Waals surface area (Å²) in [5.41, 5.74) is -0.595. The van der Waals surface area contributed by atoms with Gasteiger partial charge in [0.25, 0.3) is 5.92 Å². The maximum absolute atomic E-state index is 12.6. The molecule has 0 bridgehead atoms. The normalized spacial score (nSPS) is 30.5. The number of hydrogen-bond donors (Lipinski definition) is 0. The highest BCUT2D eigenvalue weighted by Gasteiger charge is 2.68. The Balaban J connectivity index is 0.000000561. The van der Waals surface area contributed by atoms with E-state index in [4.69, 9.17) is 0 Å². The van der Waals surface area contributed by atoms with Crippen LogP contribution in [0.2, 0.25) is 0 Å². The third kappa shape index (κ3) is 1.96. The number of alkyl halides is 2. The summed E-state index contributed by atoms with van der Waals surface area (Å²) < 4.78 is 25.3. The van der Waals surface area contributed by atoms with Gasteiger partial charge in [-0.3, -0.25) is 0 Å². The lowest BCUT2D eigenvalue weighted by Gasteiger charge is -2.10. The molecule has 0 radical (unpaired) electrons. The fourth-order valence-electron chi connectivity index (χ4n) is 1.69. The van der Waals surface area contributed by atoms with Crippen LogP contribution in [0.5, 0.6) is 0 Å². The van der Waals surface area contributed by atoms with Crippen molar-refractivity contribution in [3.8, 4) is 0 Å². The molecular formula is C10H20F2. The predicted octanol–water partition coefficient (Wildman–Crippen LogP) is 4.25. The second-order valence-electron chi connectivity index (χ2n) is 3.27. The van der Waals surface area contributed by atoms with Crippen LogP contribution in [0.15, 0.2) is 0 Å². The third-order valence-electron chi connectivity index (χ3n) is 2.62. The Hall–Kier alpha value is -0.140. The number of hydrogen-bond acceptors (Lipinski definition) is 0. The van der Waals surface area contributed by atoms with Gasteiger partial charge in [0.05, 0.1) is 0 Å². The standard InChI is InChI=1S/C8H14F2.C2H6/c1-3-5-7(4-2)6-8(7,9)10;1-2/h3-6H2,1-2H3;1-2H3. The van der Waals surface area contributed by atoms with Gasteiger partial charge in [-0.15, -0.1) is 0 Å². The van der Waals surface area contributed by atoms with Crippen LogP contribution in [0.3, 0.4) is 0 Å². The molecule has 0 aromatic heterocycles. The average Bonchev–Trinajstić information content (AvgIpc) is 2.59. The zero-order valence-corrected chi connectivity index (χ0v) is 8.58. The summed E-state index contributed by atoms with van der Waals surface area (Å²) >= 11 is 0. The van der Waals surface area contributed by atoms with Crippen LogP contribution < -0.4 is 0 Å². The van der Waals surface area contributed by atoms with Crippen molar-refractivity contribution in [1.29, 1.82) is 0 Å². The molecule has 0 nitrogen and oxygen atoms in total. The van der Waals surface area contributed by atoms with Crippen molar-refractivity contribution in [2.24, 2.45) is 5.41 Å². The molecule has 0 spiro atoms. The fourth-order valence-corrected chi connectivity index (χ4v) is 1.69. The van der Waals surface area contributed by atoms with Crippen LogP contribution in [0.4, 0.5) is 8.78 Å². The Morgan fingerprint density at radius 1 is 1.17 bits per heavy atom. The highest BCUT2D eigenvalue weighted by Crippen LogP contribution is 2.65. The first kappa shape index (κ1) is 11.9. The zero-order chi connectivity index (χ0) is 9.83. The topological polar surface area (TPSA) is 0 Å². The summed E-state index contributed by atoms with van der Waals surface area (Å²) in [6.07, 6.45) is 2.33. The lowest BCUT2D eigenvalue weighted by Crippen LogP contribution is -2.09. The van der Waals surface area contributed by atoms with Crippen molar-refractivity contribution in [3.05, 3.63) is 0 Å². The number of rotatable bonds is 3. The Bertz CT molecular complexity index is 132. The molecular weight excluding hydrogens is 158 g/mol. The van der Waals surface area contributed by atoms with Gasteiger partial charge in [-0.25, -0.2) is 8.78 Å². The van der Waals surface area contributed by atoms with Gasteiger partial charge in [0.15, 0.2) is 0 Å². The van der Waals surface area contributed by atoms with Gasteiger partial charge in [0.1, 0.15) is 0 Å². The van der Waals surface area contributed by atoms with E-state index < -0.39 is 11.3 Å². The Morgan fingerprint density at radius 2 is 1.58 bits per heavy atom. The smallest absolute Gasteiger partial charge is 0.206 e. The lowest BCUT2D eigenvalue weighted by molar-refractivity contribution is 0.0582. The molecule has 0 aliphatic heterocycles. The van der Waals surface area contributed by atoms with Gasteiger partial charge in [-0.2, -0.15) is 0 Å². The average molecular weight is 178 g/mol. The number of halogens is 2. The zero-order valence-electron chi connectivity index (χ0n) is 8.58. The summed E-state index contributed by atoms with van der Waals surface area (Å²) in [6.45, 7) is 7.82. The van der Waals surface area contributed by atoms with E-state index in [2.05, 4.69) is 0 Å². The van der Waals surface area contributed by atoms with E-state index in [9.17, 15) is 8.78 Å². The first-order valence-electron chi connectivity index (χ1n) is 4.96. The minimum Gasteiger partial charge on any atom is -0.206 e.